The number of rotatable bonds is 4. The van der Waals surface area contributed by atoms with E-state index in [1.54, 1.807) is 0 Å². The predicted octanol–water partition coefficient (Wildman–Crippen LogP) is 1.18. The molecule has 1 aliphatic heterocycles. The topological polar surface area (TPSA) is 47.6 Å². The van der Waals surface area contributed by atoms with Crippen LogP contribution in [-0.4, -0.2) is 25.1 Å². The molecule has 0 amide bonds. The molecule has 70 valence electrons. The van der Waals surface area contributed by atoms with E-state index in [2.05, 4.69) is 18.8 Å². The van der Waals surface area contributed by atoms with Crippen LogP contribution in [0.2, 0.25) is 0 Å². The maximum atomic E-state index is 5.62. The third-order valence-corrected chi connectivity index (χ3v) is 1.96. The number of ether oxygens (including phenoxy) is 1. The summed E-state index contributed by atoms with van der Waals surface area (Å²) in [4.78, 5) is 4.32. The summed E-state index contributed by atoms with van der Waals surface area (Å²) in [5.41, 5.74) is 5.41. The Morgan fingerprint density at radius 1 is 1.67 bits per heavy atom. The van der Waals surface area contributed by atoms with Crippen LogP contribution in [0.5, 0.6) is 0 Å². The first-order chi connectivity index (χ1) is 5.74. The minimum atomic E-state index is 0.297. The maximum absolute atomic E-state index is 5.62. The van der Waals surface area contributed by atoms with Gasteiger partial charge in [0.25, 0.3) is 0 Å². The molecule has 0 saturated carbocycles. The van der Waals surface area contributed by atoms with Crippen LogP contribution in [-0.2, 0) is 4.74 Å². The lowest BCUT2D eigenvalue weighted by Crippen LogP contribution is -2.17. The largest absolute Gasteiger partial charge is 0.476 e. The molecular weight excluding hydrogens is 152 g/mol. The molecule has 2 N–H and O–H groups in total. The molecule has 3 nitrogen and oxygen atoms in total. The fourth-order valence-electron chi connectivity index (χ4n) is 1.25. The summed E-state index contributed by atoms with van der Waals surface area (Å²) in [7, 11) is 0. The van der Waals surface area contributed by atoms with Crippen molar-refractivity contribution in [3.63, 3.8) is 0 Å². The van der Waals surface area contributed by atoms with Crippen molar-refractivity contribution in [1.82, 2.24) is 0 Å². The van der Waals surface area contributed by atoms with Crippen molar-refractivity contribution in [1.29, 1.82) is 0 Å². The fraction of sp³-hybridized carbons (Fsp3) is 0.889. The van der Waals surface area contributed by atoms with Crippen LogP contribution in [0.4, 0.5) is 0 Å². The van der Waals surface area contributed by atoms with Gasteiger partial charge in [-0.15, -0.1) is 0 Å². The molecule has 0 fully saturated rings. The molecule has 0 aromatic heterocycles. The Hall–Kier alpha value is -0.570. The minimum Gasteiger partial charge on any atom is -0.476 e. The monoisotopic (exact) mass is 170 g/mol. The van der Waals surface area contributed by atoms with Gasteiger partial charge in [0.05, 0.1) is 6.54 Å². The van der Waals surface area contributed by atoms with E-state index in [-0.39, 0.29) is 0 Å². The quantitative estimate of drug-likeness (QED) is 0.688. The van der Waals surface area contributed by atoms with Crippen LogP contribution in [0.3, 0.4) is 0 Å². The fourth-order valence-corrected chi connectivity index (χ4v) is 1.25. The van der Waals surface area contributed by atoms with Gasteiger partial charge in [-0.3, -0.25) is 4.99 Å². The maximum Gasteiger partial charge on any atom is 0.186 e. The summed E-state index contributed by atoms with van der Waals surface area (Å²) in [5, 5.41) is 0. The molecule has 0 bridgehead atoms. The van der Waals surface area contributed by atoms with Crippen LogP contribution in [0.1, 0.15) is 26.7 Å². The van der Waals surface area contributed by atoms with Gasteiger partial charge < -0.3 is 10.5 Å². The number of aliphatic imine (C=N–C) groups is 1. The first-order valence-corrected chi connectivity index (χ1v) is 4.65. The highest BCUT2D eigenvalue weighted by Gasteiger charge is 2.20. The molecule has 1 aliphatic rings. The molecule has 1 atom stereocenters. The van der Waals surface area contributed by atoms with Gasteiger partial charge in [0.1, 0.15) is 6.10 Å². The van der Waals surface area contributed by atoms with Crippen LogP contribution in [0.25, 0.3) is 0 Å². The second kappa shape index (κ2) is 4.45. The van der Waals surface area contributed by atoms with E-state index in [0.717, 1.165) is 31.8 Å². The van der Waals surface area contributed by atoms with Crippen LogP contribution in [0, 0.1) is 5.92 Å². The van der Waals surface area contributed by atoms with E-state index in [0.29, 0.717) is 12.0 Å². The second-order valence-electron chi connectivity index (χ2n) is 3.50. The smallest absolute Gasteiger partial charge is 0.186 e. The first-order valence-electron chi connectivity index (χ1n) is 4.65. The average Bonchev–Trinajstić information content (AvgIpc) is 2.48. The molecule has 0 aliphatic carbocycles. The standard InChI is InChI=1S/C9H18N2O/c1-7(2)9-11-6-8(12-9)4-3-5-10/h7-8H,3-6,10H2,1-2H3. The molecule has 1 rings (SSSR count). The lowest BCUT2D eigenvalue weighted by atomic mass is 10.2. The Balaban J connectivity index is 2.22. The Morgan fingerprint density at radius 2 is 2.42 bits per heavy atom. The van der Waals surface area contributed by atoms with Crippen molar-refractivity contribution in [3.8, 4) is 0 Å². The number of hydrogen-bond donors (Lipinski definition) is 1. The Morgan fingerprint density at radius 3 is 2.92 bits per heavy atom. The van der Waals surface area contributed by atoms with Gasteiger partial charge >= 0.3 is 0 Å². The zero-order valence-corrected chi connectivity index (χ0v) is 7.92. The zero-order chi connectivity index (χ0) is 8.97. The van der Waals surface area contributed by atoms with Crippen molar-refractivity contribution in [3.05, 3.63) is 0 Å². The molecule has 1 unspecified atom stereocenters. The van der Waals surface area contributed by atoms with E-state index in [9.17, 15) is 0 Å². The van der Waals surface area contributed by atoms with Crippen molar-refractivity contribution in [2.75, 3.05) is 13.1 Å². The van der Waals surface area contributed by atoms with E-state index < -0.39 is 0 Å². The lowest BCUT2D eigenvalue weighted by Gasteiger charge is -2.11. The molecule has 12 heavy (non-hydrogen) atoms. The summed E-state index contributed by atoms with van der Waals surface area (Å²) in [6.45, 7) is 5.78. The summed E-state index contributed by atoms with van der Waals surface area (Å²) in [6.07, 6.45) is 2.37. The van der Waals surface area contributed by atoms with E-state index >= 15 is 0 Å². The Bertz CT molecular complexity index is 166. The highest BCUT2D eigenvalue weighted by atomic mass is 16.5. The third kappa shape index (κ3) is 2.48. The second-order valence-corrected chi connectivity index (χ2v) is 3.50. The molecule has 0 radical (unpaired) electrons. The first kappa shape index (κ1) is 9.52. The van der Waals surface area contributed by atoms with Crippen molar-refractivity contribution in [2.45, 2.75) is 32.8 Å². The minimum absolute atomic E-state index is 0.297. The van der Waals surface area contributed by atoms with Gasteiger partial charge in [-0.1, -0.05) is 13.8 Å². The summed E-state index contributed by atoms with van der Waals surface area (Å²) < 4.78 is 5.62. The predicted molar refractivity (Wildman–Crippen MR) is 50.3 cm³/mol. The SMILES string of the molecule is CC(C)C1=NCC(CCCN)O1. The molecule has 3 heteroatoms. The average molecular weight is 170 g/mol. The molecular formula is C9H18N2O. The number of nitrogens with two attached hydrogens (primary N) is 1. The van der Waals surface area contributed by atoms with Gasteiger partial charge in [0.15, 0.2) is 5.90 Å². The molecule has 0 saturated heterocycles. The highest BCUT2D eigenvalue weighted by Crippen LogP contribution is 2.14. The van der Waals surface area contributed by atoms with Gasteiger partial charge in [-0.25, -0.2) is 0 Å². The van der Waals surface area contributed by atoms with Gasteiger partial charge in [-0.2, -0.15) is 0 Å². The lowest BCUT2D eigenvalue weighted by molar-refractivity contribution is 0.200. The third-order valence-electron chi connectivity index (χ3n) is 1.96. The number of nitrogens with zero attached hydrogens (tertiary/aromatic N) is 1. The van der Waals surface area contributed by atoms with E-state index in [4.69, 9.17) is 10.5 Å². The molecule has 0 aromatic rings. The Kier molecular flexibility index (Phi) is 3.53. The normalized spacial score (nSPS) is 22.7. The van der Waals surface area contributed by atoms with Crippen LogP contribution < -0.4 is 5.73 Å². The van der Waals surface area contributed by atoms with Crippen LogP contribution >= 0.6 is 0 Å². The summed E-state index contributed by atoms with van der Waals surface area (Å²) in [5.74, 6) is 1.34. The summed E-state index contributed by atoms with van der Waals surface area (Å²) >= 11 is 0. The van der Waals surface area contributed by atoms with E-state index in [1.807, 2.05) is 0 Å². The van der Waals surface area contributed by atoms with Gasteiger partial charge in [0, 0.05) is 5.92 Å². The van der Waals surface area contributed by atoms with E-state index in [1.165, 1.54) is 0 Å². The van der Waals surface area contributed by atoms with Crippen molar-refractivity contribution in [2.24, 2.45) is 16.6 Å². The van der Waals surface area contributed by atoms with Gasteiger partial charge in [0.2, 0.25) is 0 Å². The van der Waals surface area contributed by atoms with Crippen LogP contribution in [0.15, 0.2) is 4.99 Å². The zero-order valence-electron chi connectivity index (χ0n) is 7.92. The highest BCUT2D eigenvalue weighted by molar-refractivity contribution is 5.79. The molecule has 0 spiro atoms. The molecule has 1 heterocycles. The van der Waals surface area contributed by atoms with Crippen molar-refractivity contribution >= 4 is 5.90 Å². The molecule has 0 aromatic carbocycles. The Labute approximate surface area is 74.0 Å². The number of hydrogen-bond acceptors (Lipinski definition) is 3. The summed E-state index contributed by atoms with van der Waals surface area (Å²) in [6, 6.07) is 0. The van der Waals surface area contributed by atoms with Gasteiger partial charge in [-0.05, 0) is 19.4 Å². The van der Waals surface area contributed by atoms with Crippen molar-refractivity contribution < 1.29 is 4.74 Å².